The minimum atomic E-state index is -2.44. The van der Waals surface area contributed by atoms with Gasteiger partial charge in [-0.1, -0.05) is 15.9 Å². The lowest BCUT2D eigenvalue weighted by atomic mass is 9.49. The van der Waals surface area contributed by atoms with Crippen molar-refractivity contribution >= 4 is 21.8 Å². The molecule has 4 saturated carbocycles. The van der Waals surface area contributed by atoms with Crippen molar-refractivity contribution in [3.05, 3.63) is 0 Å². The molecule has 120 valence electrons. The molecule has 4 bridgehead atoms. The maximum Gasteiger partial charge on any atom is 0.255 e. The lowest BCUT2D eigenvalue weighted by Gasteiger charge is -2.57. The van der Waals surface area contributed by atoms with Gasteiger partial charge in [0.25, 0.3) is 6.43 Å². The predicted octanol–water partition coefficient (Wildman–Crippen LogP) is 4.08. The summed E-state index contributed by atoms with van der Waals surface area (Å²) < 4.78 is 25.3. The Bertz CT molecular complexity index is 366. The molecule has 0 saturated heterocycles. The van der Waals surface area contributed by atoms with Crippen LogP contribution in [0.3, 0.4) is 0 Å². The van der Waals surface area contributed by atoms with Crippen molar-refractivity contribution in [1.82, 2.24) is 4.90 Å². The number of hydrogen-bond donors (Lipinski definition) is 0. The standard InChI is InChI=1S/C16H24BrF2NO/c17-1-2-20(10-14(18)19)15(21)9-16-6-11-3-12(7-16)5-13(4-11)8-16/h11-14H,1-10H2. The molecular formula is C16H24BrF2NO. The van der Waals surface area contributed by atoms with Crippen LogP contribution in [0.4, 0.5) is 8.78 Å². The van der Waals surface area contributed by atoms with Gasteiger partial charge in [-0.3, -0.25) is 4.79 Å². The SMILES string of the molecule is O=C(CC12CC3CC(CC(C3)C1)C2)N(CCBr)CC(F)F. The average Bonchev–Trinajstić information content (AvgIpc) is 2.35. The van der Waals surface area contributed by atoms with Crippen LogP contribution in [0.2, 0.25) is 0 Å². The van der Waals surface area contributed by atoms with Gasteiger partial charge in [0, 0.05) is 18.3 Å². The third-order valence-corrected chi connectivity index (χ3v) is 6.11. The number of nitrogens with zero attached hydrogens (tertiary/aromatic N) is 1. The molecule has 21 heavy (non-hydrogen) atoms. The molecule has 0 atom stereocenters. The topological polar surface area (TPSA) is 20.3 Å². The van der Waals surface area contributed by atoms with Gasteiger partial charge in [0.1, 0.15) is 0 Å². The molecule has 4 fully saturated rings. The molecule has 0 N–H and O–H groups in total. The Labute approximate surface area is 133 Å². The van der Waals surface area contributed by atoms with Gasteiger partial charge >= 0.3 is 0 Å². The van der Waals surface area contributed by atoms with Crippen molar-refractivity contribution in [3.8, 4) is 0 Å². The van der Waals surface area contributed by atoms with Crippen LogP contribution in [0.5, 0.6) is 0 Å². The van der Waals surface area contributed by atoms with Crippen molar-refractivity contribution in [3.63, 3.8) is 0 Å². The molecule has 0 aromatic rings. The zero-order chi connectivity index (χ0) is 15.0. The van der Waals surface area contributed by atoms with Gasteiger partial charge in [0.2, 0.25) is 5.91 Å². The number of alkyl halides is 3. The van der Waals surface area contributed by atoms with Crippen molar-refractivity contribution < 1.29 is 13.6 Å². The normalized spacial score (nSPS) is 37.2. The van der Waals surface area contributed by atoms with Gasteiger partial charge in [0.05, 0.1) is 6.54 Å². The molecule has 0 spiro atoms. The number of rotatable bonds is 6. The Kier molecular flexibility index (Phi) is 4.58. The Morgan fingerprint density at radius 3 is 2.10 bits per heavy atom. The third-order valence-electron chi connectivity index (χ3n) is 5.76. The lowest BCUT2D eigenvalue weighted by molar-refractivity contribution is -0.141. The molecular weight excluding hydrogens is 340 g/mol. The Balaban J connectivity index is 1.65. The summed E-state index contributed by atoms with van der Waals surface area (Å²) in [6.45, 7) is -0.0354. The van der Waals surface area contributed by atoms with Crippen LogP contribution in [0.1, 0.15) is 44.9 Å². The first kappa shape index (κ1) is 15.7. The predicted molar refractivity (Wildman–Crippen MR) is 81.6 cm³/mol. The quantitative estimate of drug-likeness (QED) is 0.651. The van der Waals surface area contributed by atoms with E-state index >= 15 is 0 Å². The fourth-order valence-electron chi connectivity index (χ4n) is 5.53. The fourth-order valence-corrected chi connectivity index (χ4v) is 5.95. The van der Waals surface area contributed by atoms with Gasteiger partial charge in [-0.05, 0) is 61.7 Å². The summed E-state index contributed by atoms with van der Waals surface area (Å²) in [7, 11) is 0. The zero-order valence-electron chi connectivity index (χ0n) is 12.4. The number of halogens is 3. The second-order valence-corrected chi connectivity index (χ2v) is 8.31. The van der Waals surface area contributed by atoms with E-state index in [1.807, 2.05) is 0 Å². The monoisotopic (exact) mass is 363 g/mol. The third kappa shape index (κ3) is 3.43. The molecule has 0 radical (unpaired) electrons. The molecule has 4 rings (SSSR count). The maximum absolute atomic E-state index is 12.7. The second kappa shape index (κ2) is 6.13. The molecule has 0 unspecified atom stereocenters. The largest absolute Gasteiger partial charge is 0.336 e. The van der Waals surface area contributed by atoms with Gasteiger partial charge in [-0.2, -0.15) is 0 Å². The molecule has 0 aliphatic heterocycles. The summed E-state index contributed by atoms with van der Waals surface area (Å²) in [5.41, 5.74) is 0.137. The van der Waals surface area contributed by atoms with E-state index < -0.39 is 13.0 Å². The van der Waals surface area contributed by atoms with E-state index in [9.17, 15) is 13.6 Å². The van der Waals surface area contributed by atoms with Crippen LogP contribution in [0.25, 0.3) is 0 Å². The highest BCUT2D eigenvalue weighted by Gasteiger charge is 2.51. The van der Waals surface area contributed by atoms with Crippen LogP contribution < -0.4 is 0 Å². The number of carbonyl (C=O) groups is 1. The van der Waals surface area contributed by atoms with Crippen LogP contribution in [0.15, 0.2) is 0 Å². The van der Waals surface area contributed by atoms with Crippen LogP contribution in [0, 0.1) is 23.2 Å². The van der Waals surface area contributed by atoms with Crippen LogP contribution >= 0.6 is 15.9 Å². The van der Waals surface area contributed by atoms with Crippen molar-refractivity contribution in [2.24, 2.45) is 23.2 Å². The molecule has 4 aliphatic carbocycles. The summed E-state index contributed by atoms with van der Waals surface area (Å²) in [5.74, 6) is 2.33. The Hall–Kier alpha value is -0.190. The van der Waals surface area contributed by atoms with E-state index in [1.54, 1.807) is 0 Å². The average molecular weight is 364 g/mol. The Morgan fingerprint density at radius 2 is 1.67 bits per heavy atom. The highest BCUT2D eigenvalue weighted by molar-refractivity contribution is 9.09. The first-order valence-electron chi connectivity index (χ1n) is 8.11. The van der Waals surface area contributed by atoms with Crippen molar-refractivity contribution in [1.29, 1.82) is 0 Å². The smallest absolute Gasteiger partial charge is 0.255 e. The number of carbonyl (C=O) groups excluding carboxylic acids is 1. The van der Waals surface area contributed by atoms with Crippen molar-refractivity contribution in [2.75, 3.05) is 18.4 Å². The molecule has 5 heteroatoms. The van der Waals surface area contributed by atoms with Gasteiger partial charge in [-0.25, -0.2) is 8.78 Å². The molecule has 1 amide bonds. The summed E-state index contributed by atoms with van der Waals surface area (Å²) in [5, 5.41) is 0.562. The fraction of sp³-hybridized carbons (Fsp3) is 0.938. The number of hydrogen-bond acceptors (Lipinski definition) is 1. The second-order valence-electron chi connectivity index (χ2n) is 7.51. The van der Waals surface area contributed by atoms with Crippen LogP contribution in [-0.2, 0) is 4.79 Å². The summed E-state index contributed by atoms with van der Waals surface area (Å²) >= 11 is 3.26. The van der Waals surface area contributed by atoms with E-state index in [4.69, 9.17) is 0 Å². The first-order chi connectivity index (χ1) is 9.99. The number of amides is 1. The highest BCUT2D eigenvalue weighted by Crippen LogP contribution is 2.61. The summed E-state index contributed by atoms with van der Waals surface area (Å²) in [4.78, 5) is 13.9. The molecule has 2 nitrogen and oxygen atoms in total. The summed E-state index contributed by atoms with van der Waals surface area (Å²) in [6.07, 6.45) is 5.55. The summed E-state index contributed by atoms with van der Waals surface area (Å²) in [6, 6.07) is 0. The molecule has 0 aromatic heterocycles. The van der Waals surface area contributed by atoms with Gasteiger partial charge in [-0.15, -0.1) is 0 Å². The van der Waals surface area contributed by atoms with Gasteiger partial charge in [0.15, 0.2) is 0 Å². The van der Waals surface area contributed by atoms with E-state index in [0.29, 0.717) is 18.3 Å². The minimum Gasteiger partial charge on any atom is -0.336 e. The first-order valence-corrected chi connectivity index (χ1v) is 9.24. The maximum atomic E-state index is 12.7. The van der Waals surface area contributed by atoms with Gasteiger partial charge < -0.3 is 4.90 Å². The molecule has 4 aliphatic rings. The Morgan fingerprint density at radius 1 is 1.14 bits per heavy atom. The van der Waals surface area contributed by atoms with E-state index in [0.717, 1.165) is 37.0 Å². The van der Waals surface area contributed by atoms with Crippen LogP contribution in [-0.4, -0.2) is 35.7 Å². The zero-order valence-corrected chi connectivity index (χ0v) is 14.0. The molecule has 0 heterocycles. The van der Waals surface area contributed by atoms with E-state index in [-0.39, 0.29) is 11.3 Å². The highest BCUT2D eigenvalue weighted by atomic mass is 79.9. The van der Waals surface area contributed by atoms with Crippen molar-refractivity contribution in [2.45, 2.75) is 51.4 Å². The lowest BCUT2D eigenvalue weighted by Crippen LogP contribution is -2.49. The minimum absolute atomic E-state index is 0.0586. The van der Waals surface area contributed by atoms with E-state index in [1.165, 1.54) is 24.2 Å². The van der Waals surface area contributed by atoms with E-state index in [2.05, 4.69) is 15.9 Å². The molecule has 0 aromatic carbocycles.